The lowest BCUT2D eigenvalue weighted by Crippen LogP contribution is -2.26. The SMILES string of the molecule is CC(=O)NCCCN(c1ccnc(Nc2ccc3[nH]c(=O)[nH]c3c2)n1)c1cccc2[nH]ncc12. The lowest BCUT2D eigenvalue weighted by molar-refractivity contribution is -0.118. The minimum atomic E-state index is -0.256. The summed E-state index contributed by atoms with van der Waals surface area (Å²) in [5.74, 6) is 1.06. The molecule has 0 aliphatic rings. The fourth-order valence-corrected chi connectivity index (χ4v) is 3.85. The lowest BCUT2D eigenvalue weighted by atomic mass is 10.2. The fourth-order valence-electron chi connectivity index (χ4n) is 3.85. The van der Waals surface area contributed by atoms with E-state index in [9.17, 15) is 9.59 Å². The number of nitrogens with one attached hydrogen (secondary N) is 5. The van der Waals surface area contributed by atoms with E-state index >= 15 is 0 Å². The molecule has 0 radical (unpaired) electrons. The van der Waals surface area contributed by atoms with Crippen LogP contribution in [0, 0.1) is 0 Å². The van der Waals surface area contributed by atoms with Crippen molar-refractivity contribution in [2.75, 3.05) is 23.3 Å². The molecule has 2 aromatic carbocycles. The number of benzene rings is 2. The van der Waals surface area contributed by atoms with E-state index < -0.39 is 0 Å². The molecule has 5 aromatic rings. The summed E-state index contributed by atoms with van der Waals surface area (Å²) in [5.41, 5.74) is 3.78. The van der Waals surface area contributed by atoms with Crippen LogP contribution in [0.4, 0.5) is 23.1 Å². The average molecular weight is 457 g/mol. The molecule has 3 aromatic heterocycles. The first-order valence-corrected chi connectivity index (χ1v) is 10.8. The number of carbonyl (C=O) groups is 1. The van der Waals surface area contributed by atoms with Crippen LogP contribution in [-0.4, -0.2) is 49.1 Å². The normalized spacial score (nSPS) is 11.1. The van der Waals surface area contributed by atoms with Crippen LogP contribution in [0.2, 0.25) is 0 Å². The van der Waals surface area contributed by atoms with E-state index in [1.54, 1.807) is 12.4 Å². The number of hydrogen-bond acceptors (Lipinski definition) is 7. The Morgan fingerprint density at radius 3 is 2.85 bits per heavy atom. The zero-order chi connectivity index (χ0) is 23.5. The van der Waals surface area contributed by atoms with Gasteiger partial charge in [-0.15, -0.1) is 0 Å². The summed E-state index contributed by atoms with van der Waals surface area (Å²) in [6.45, 7) is 2.68. The van der Waals surface area contributed by atoms with Crippen LogP contribution in [0.3, 0.4) is 0 Å². The maximum atomic E-state index is 11.5. The monoisotopic (exact) mass is 457 g/mol. The van der Waals surface area contributed by atoms with Gasteiger partial charge >= 0.3 is 5.69 Å². The van der Waals surface area contributed by atoms with Gasteiger partial charge in [-0.25, -0.2) is 9.78 Å². The fraction of sp³-hybridized carbons (Fsp3) is 0.174. The smallest absolute Gasteiger partial charge is 0.323 e. The standard InChI is InChI=1S/C23H23N9O2/c1-14(33)24-9-3-11-32(20-5-2-4-17-16(20)13-26-31-17)21-8-10-25-22(30-21)27-15-6-7-18-19(12-15)29-23(34)28-18/h2,4-8,10,12-13H,3,9,11H2,1H3,(H,24,33)(H,26,31)(H,25,27,30)(H2,28,29,34). The maximum Gasteiger partial charge on any atom is 0.323 e. The predicted molar refractivity (Wildman–Crippen MR) is 131 cm³/mol. The Kier molecular flexibility index (Phi) is 5.65. The quantitative estimate of drug-likeness (QED) is 0.225. The first kappa shape index (κ1) is 21.2. The van der Waals surface area contributed by atoms with Crippen molar-refractivity contribution in [1.29, 1.82) is 0 Å². The lowest BCUT2D eigenvalue weighted by Gasteiger charge is -2.25. The minimum absolute atomic E-state index is 0.0576. The topological polar surface area (TPSA) is 147 Å². The van der Waals surface area contributed by atoms with Gasteiger partial charge in [0.25, 0.3) is 0 Å². The molecule has 0 aliphatic heterocycles. The molecule has 11 heteroatoms. The summed E-state index contributed by atoms with van der Waals surface area (Å²) in [7, 11) is 0. The summed E-state index contributed by atoms with van der Waals surface area (Å²) in [6.07, 6.45) is 4.20. The van der Waals surface area contributed by atoms with Crippen molar-refractivity contribution >= 4 is 51.0 Å². The predicted octanol–water partition coefficient (Wildman–Crippen LogP) is 2.93. The Morgan fingerprint density at radius 2 is 1.97 bits per heavy atom. The van der Waals surface area contributed by atoms with E-state index in [0.717, 1.165) is 34.2 Å². The highest BCUT2D eigenvalue weighted by Crippen LogP contribution is 2.31. The number of imidazole rings is 1. The average Bonchev–Trinajstić information content (AvgIpc) is 3.44. The van der Waals surface area contributed by atoms with Gasteiger partial charge in [0.1, 0.15) is 5.82 Å². The van der Waals surface area contributed by atoms with Crippen molar-refractivity contribution in [1.82, 2.24) is 35.5 Å². The Morgan fingerprint density at radius 1 is 1.09 bits per heavy atom. The van der Waals surface area contributed by atoms with Gasteiger partial charge in [0.15, 0.2) is 0 Å². The van der Waals surface area contributed by atoms with Crippen LogP contribution in [0.5, 0.6) is 0 Å². The molecule has 0 unspecified atom stereocenters. The molecule has 3 heterocycles. The van der Waals surface area contributed by atoms with Gasteiger partial charge in [-0.05, 0) is 42.8 Å². The summed E-state index contributed by atoms with van der Waals surface area (Å²) in [4.78, 5) is 39.5. The van der Waals surface area contributed by atoms with E-state index in [1.807, 2.05) is 42.5 Å². The highest BCUT2D eigenvalue weighted by atomic mass is 16.1. The summed E-state index contributed by atoms with van der Waals surface area (Å²) in [5, 5.41) is 14.2. The number of rotatable bonds is 8. The van der Waals surface area contributed by atoms with Crippen LogP contribution in [0.15, 0.2) is 59.7 Å². The van der Waals surface area contributed by atoms with E-state index in [0.29, 0.717) is 30.4 Å². The molecule has 11 nitrogen and oxygen atoms in total. The molecule has 0 saturated carbocycles. The van der Waals surface area contributed by atoms with Crippen molar-refractivity contribution in [3.63, 3.8) is 0 Å². The van der Waals surface area contributed by atoms with Gasteiger partial charge < -0.3 is 25.5 Å². The molecule has 0 aliphatic carbocycles. The molecule has 0 saturated heterocycles. The first-order chi connectivity index (χ1) is 16.6. The second-order valence-corrected chi connectivity index (χ2v) is 7.80. The van der Waals surface area contributed by atoms with Crippen LogP contribution in [-0.2, 0) is 4.79 Å². The zero-order valence-corrected chi connectivity index (χ0v) is 18.4. The van der Waals surface area contributed by atoms with Crippen molar-refractivity contribution in [2.24, 2.45) is 0 Å². The van der Waals surface area contributed by atoms with Gasteiger partial charge in [0, 0.05) is 37.3 Å². The summed E-state index contributed by atoms with van der Waals surface area (Å²) in [6, 6.07) is 13.3. The minimum Gasteiger partial charge on any atom is -0.356 e. The van der Waals surface area contributed by atoms with E-state index in [4.69, 9.17) is 4.98 Å². The number of carbonyl (C=O) groups excluding carboxylic acids is 1. The second-order valence-electron chi connectivity index (χ2n) is 7.80. The number of hydrogen-bond donors (Lipinski definition) is 5. The highest BCUT2D eigenvalue weighted by molar-refractivity contribution is 5.93. The van der Waals surface area contributed by atoms with Gasteiger partial charge in [-0.3, -0.25) is 9.89 Å². The van der Waals surface area contributed by atoms with Gasteiger partial charge in [0.05, 0.1) is 28.4 Å². The van der Waals surface area contributed by atoms with Gasteiger partial charge in [0.2, 0.25) is 11.9 Å². The van der Waals surface area contributed by atoms with Gasteiger partial charge in [-0.1, -0.05) is 6.07 Å². The summed E-state index contributed by atoms with van der Waals surface area (Å²) < 4.78 is 0. The number of aromatic amines is 3. The number of aromatic nitrogens is 6. The second kappa shape index (κ2) is 9.06. The third-order valence-corrected chi connectivity index (χ3v) is 5.37. The van der Waals surface area contributed by atoms with E-state index in [2.05, 4.69) is 40.7 Å². The molecule has 5 N–H and O–H groups in total. The number of fused-ring (bicyclic) bond motifs is 2. The maximum absolute atomic E-state index is 11.5. The largest absolute Gasteiger partial charge is 0.356 e. The molecule has 0 fully saturated rings. The molecule has 34 heavy (non-hydrogen) atoms. The molecular formula is C23H23N9O2. The Bertz CT molecular complexity index is 1520. The zero-order valence-electron chi connectivity index (χ0n) is 18.4. The van der Waals surface area contributed by atoms with E-state index in [1.165, 1.54) is 6.92 Å². The van der Waals surface area contributed by atoms with Gasteiger partial charge in [-0.2, -0.15) is 10.1 Å². The van der Waals surface area contributed by atoms with E-state index in [-0.39, 0.29) is 11.6 Å². The number of nitrogens with zero attached hydrogens (tertiary/aromatic N) is 4. The van der Waals surface area contributed by atoms with Crippen LogP contribution < -0.4 is 21.2 Å². The summed E-state index contributed by atoms with van der Waals surface area (Å²) >= 11 is 0. The third kappa shape index (κ3) is 4.44. The molecule has 172 valence electrons. The molecular weight excluding hydrogens is 434 g/mol. The molecule has 1 amide bonds. The molecule has 0 atom stereocenters. The number of anilines is 4. The van der Waals surface area contributed by atoms with Crippen molar-refractivity contribution in [3.8, 4) is 0 Å². The Hall–Kier alpha value is -4.67. The van der Waals surface area contributed by atoms with Crippen LogP contribution in [0.25, 0.3) is 21.9 Å². The molecule has 0 spiro atoms. The highest BCUT2D eigenvalue weighted by Gasteiger charge is 2.16. The number of H-pyrrole nitrogens is 3. The van der Waals surface area contributed by atoms with Crippen molar-refractivity contribution < 1.29 is 4.79 Å². The number of amides is 1. The molecule has 5 rings (SSSR count). The molecule has 0 bridgehead atoms. The van der Waals surface area contributed by atoms with Crippen molar-refractivity contribution in [2.45, 2.75) is 13.3 Å². The van der Waals surface area contributed by atoms with Crippen LogP contribution >= 0.6 is 0 Å². The Labute approximate surface area is 193 Å². The van der Waals surface area contributed by atoms with Crippen LogP contribution in [0.1, 0.15) is 13.3 Å². The first-order valence-electron chi connectivity index (χ1n) is 10.8. The van der Waals surface area contributed by atoms with Crippen molar-refractivity contribution in [3.05, 3.63) is 65.3 Å². The Balaban J connectivity index is 1.45. The third-order valence-electron chi connectivity index (χ3n) is 5.37.